The van der Waals surface area contributed by atoms with E-state index in [-0.39, 0.29) is 0 Å². The molecule has 2 nitrogen and oxygen atoms in total. The van der Waals surface area contributed by atoms with Crippen molar-refractivity contribution in [2.45, 2.75) is 0 Å². The van der Waals surface area contributed by atoms with Crippen LogP contribution in [-0.4, -0.2) is 5.11 Å². The quantitative estimate of drug-likeness (QED) is 0.843. The molecule has 0 unspecified atom stereocenters. The highest BCUT2D eigenvalue weighted by atomic mass is 19.1. The summed E-state index contributed by atoms with van der Waals surface area (Å²) in [7, 11) is 0. The van der Waals surface area contributed by atoms with Crippen molar-refractivity contribution in [2.24, 2.45) is 0 Å². The van der Waals surface area contributed by atoms with Gasteiger partial charge >= 0.3 is 0 Å². The molecule has 0 saturated carbocycles. The number of phenolic OH excluding ortho intramolecular Hbond substituents is 1. The fourth-order valence-electron chi connectivity index (χ4n) is 1.22. The molecule has 0 amide bonds. The Bertz CT molecular complexity index is 498. The summed E-state index contributed by atoms with van der Waals surface area (Å²) in [6.07, 6.45) is 0. The molecular formula is C12H8F2O2. The molecule has 0 fully saturated rings. The van der Waals surface area contributed by atoms with Crippen molar-refractivity contribution >= 4 is 0 Å². The summed E-state index contributed by atoms with van der Waals surface area (Å²) >= 11 is 0. The van der Waals surface area contributed by atoms with E-state index in [4.69, 9.17) is 9.84 Å². The number of hydrogen-bond donors (Lipinski definition) is 1. The third-order valence-electron chi connectivity index (χ3n) is 1.99. The topological polar surface area (TPSA) is 29.5 Å². The predicted molar refractivity (Wildman–Crippen MR) is 54.5 cm³/mol. The van der Waals surface area contributed by atoms with Crippen LogP contribution in [0.2, 0.25) is 0 Å². The molecule has 0 atom stereocenters. The lowest BCUT2D eigenvalue weighted by atomic mass is 10.3. The summed E-state index contributed by atoms with van der Waals surface area (Å²) in [6, 6.07) is 10.1. The maximum Gasteiger partial charge on any atom is 0.210 e. The lowest BCUT2D eigenvalue weighted by Crippen LogP contribution is -1.92. The molecule has 2 rings (SSSR count). The Hall–Kier alpha value is -2.10. The third kappa shape index (κ3) is 1.95. The molecule has 2 aromatic rings. The first-order valence-corrected chi connectivity index (χ1v) is 4.58. The van der Waals surface area contributed by atoms with Crippen LogP contribution < -0.4 is 4.74 Å². The summed E-state index contributed by atoms with van der Waals surface area (Å²) in [5.74, 6) is -2.92. The predicted octanol–water partition coefficient (Wildman–Crippen LogP) is 3.46. The molecule has 0 aliphatic carbocycles. The number of aromatic hydroxyl groups is 1. The maximum atomic E-state index is 13.3. The molecule has 1 N–H and O–H groups in total. The van der Waals surface area contributed by atoms with Gasteiger partial charge in [-0.15, -0.1) is 0 Å². The van der Waals surface area contributed by atoms with Gasteiger partial charge in [-0.25, -0.2) is 4.39 Å². The summed E-state index contributed by atoms with van der Waals surface area (Å²) in [5, 5.41) is 9.08. The van der Waals surface area contributed by atoms with E-state index in [9.17, 15) is 8.78 Å². The molecule has 0 radical (unpaired) electrons. The van der Waals surface area contributed by atoms with Gasteiger partial charge in [0, 0.05) is 0 Å². The first-order valence-electron chi connectivity index (χ1n) is 4.58. The number of para-hydroxylation sites is 1. The van der Waals surface area contributed by atoms with Crippen LogP contribution in [0.4, 0.5) is 8.78 Å². The number of hydrogen-bond acceptors (Lipinski definition) is 2. The molecule has 82 valence electrons. The largest absolute Gasteiger partial charge is 0.505 e. The Morgan fingerprint density at radius 3 is 2.31 bits per heavy atom. The van der Waals surface area contributed by atoms with Gasteiger partial charge in [0.1, 0.15) is 5.75 Å². The van der Waals surface area contributed by atoms with Crippen molar-refractivity contribution in [1.29, 1.82) is 0 Å². The fourth-order valence-corrected chi connectivity index (χ4v) is 1.22. The van der Waals surface area contributed by atoms with Gasteiger partial charge in [0.05, 0.1) is 0 Å². The number of benzene rings is 2. The zero-order chi connectivity index (χ0) is 11.5. The second kappa shape index (κ2) is 4.18. The van der Waals surface area contributed by atoms with E-state index < -0.39 is 23.1 Å². The number of ether oxygens (including phenoxy) is 1. The monoisotopic (exact) mass is 222 g/mol. The van der Waals surface area contributed by atoms with E-state index in [1.54, 1.807) is 30.3 Å². The van der Waals surface area contributed by atoms with Crippen molar-refractivity contribution in [3.63, 3.8) is 0 Å². The van der Waals surface area contributed by atoms with Crippen LogP contribution in [-0.2, 0) is 0 Å². The van der Waals surface area contributed by atoms with E-state index in [0.717, 1.165) is 12.1 Å². The third-order valence-corrected chi connectivity index (χ3v) is 1.99. The van der Waals surface area contributed by atoms with Gasteiger partial charge in [0.25, 0.3) is 0 Å². The zero-order valence-electron chi connectivity index (χ0n) is 8.15. The van der Waals surface area contributed by atoms with E-state index in [1.165, 1.54) is 0 Å². The SMILES string of the molecule is Oc1ccc(F)c(Oc2ccccc2)c1F. The van der Waals surface area contributed by atoms with Gasteiger partial charge in [-0.1, -0.05) is 18.2 Å². The lowest BCUT2D eigenvalue weighted by Gasteiger charge is -2.08. The van der Waals surface area contributed by atoms with E-state index in [1.807, 2.05) is 0 Å². The summed E-state index contributed by atoms with van der Waals surface area (Å²) in [4.78, 5) is 0. The highest BCUT2D eigenvalue weighted by Gasteiger charge is 2.15. The summed E-state index contributed by atoms with van der Waals surface area (Å²) in [6.45, 7) is 0. The highest BCUT2D eigenvalue weighted by molar-refractivity contribution is 5.39. The maximum absolute atomic E-state index is 13.3. The number of halogens is 2. The van der Waals surface area contributed by atoms with Gasteiger partial charge in [-0.05, 0) is 24.3 Å². The molecule has 2 aromatic carbocycles. The lowest BCUT2D eigenvalue weighted by molar-refractivity contribution is 0.375. The Labute approximate surface area is 90.7 Å². The van der Waals surface area contributed by atoms with Crippen LogP contribution in [0.15, 0.2) is 42.5 Å². The van der Waals surface area contributed by atoms with E-state index in [0.29, 0.717) is 5.75 Å². The normalized spacial score (nSPS) is 10.1. The smallest absolute Gasteiger partial charge is 0.210 e. The minimum atomic E-state index is -1.11. The van der Waals surface area contributed by atoms with Crippen molar-refractivity contribution in [2.75, 3.05) is 0 Å². The van der Waals surface area contributed by atoms with Crippen LogP contribution in [0.25, 0.3) is 0 Å². The van der Waals surface area contributed by atoms with Crippen molar-refractivity contribution in [1.82, 2.24) is 0 Å². The zero-order valence-corrected chi connectivity index (χ0v) is 8.15. The van der Waals surface area contributed by atoms with E-state index >= 15 is 0 Å². The van der Waals surface area contributed by atoms with Gasteiger partial charge in [-0.3, -0.25) is 0 Å². The average Bonchev–Trinajstić information content (AvgIpc) is 2.31. The molecule has 0 spiro atoms. The molecule has 0 bridgehead atoms. The average molecular weight is 222 g/mol. The van der Waals surface area contributed by atoms with Crippen molar-refractivity contribution in [3.8, 4) is 17.2 Å². The van der Waals surface area contributed by atoms with E-state index in [2.05, 4.69) is 0 Å². The minimum Gasteiger partial charge on any atom is -0.505 e. The van der Waals surface area contributed by atoms with Crippen LogP contribution in [0.3, 0.4) is 0 Å². The molecule has 4 heteroatoms. The molecule has 0 heterocycles. The van der Waals surface area contributed by atoms with Gasteiger partial charge < -0.3 is 9.84 Å². The Kier molecular flexibility index (Phi) is 2.72. The Morgan fingerprint density at radius 1 is 0.938 bits per heavy atom. The van der Waals surface area contributed by atoms with Crippen LogP contribution in [0.1, 0.15) is 0 Å². The number of rotatable bonds is 2. The van der Waals surface area contributed by atoms with Gasteiger partial charge in [0.2, 0.25) is 11.6 Å². The first kappa shape index (κ1) is 10.4. The molecule has 16 heavy (non-hydrogen) atoms. The van der Waals surface area contributed by atoms with Crippen LogP contribution in [0, 0.1) is 11.6 Å². The molecule has 0 saturated heterocycles. The minimum absolute atomic E-state index is 0.297. The van der Waals surface area contributed by atoms with Gasteiger partial charge in [0.15, 0.2) is 11.6 Å². The second-order valence-electron chi connectivity index (χ2n) is 3.12. The van der Waals surface area contributed by atoms with Gasteiger partial charge in [-0.2, -0.15) is 4.39 Å². The fraction of sp³-hybridized carbons (Fsp3) is 0. The Morgan fingerprint density at radius 2 is 1.62 bits per heavy atom. The Balaban J connectivity index is 2.38. The number of phenols is 1. The standard InChI is InChI=1S/C12H8F2O2/c13-9-6-7-10(15)11(14)12(9)16-8-4-2-1-3-5-8/h1-7,15H. The summed E-state index contributed by atoms with van der Waals surface area (Å²) < 4.78 is 31.6. The van der Waals surface area contributed by atoms with Crippen molar-refractivity contribution < 1.29 is 18.6 Å². The molecular weight excluding hydrogens is 214 g/mol. The molecule has 0 aliphatic heterocycles. The van der Waals surface area contributed by atoms with Crippen molar-refractivity contribution in [3.05, 3.63) is 54.1 Å². The first-order chi connectivity index (χ1) is 7.68. The van der Waals surface area contributed by atoms with Crippen LogP contribution >= 0.6 is 0 Å². The highest BCUT2D eigenvalue weighted by Crippen LogP contribution is 2.32. The van der Waals surface area contributed by atoms with Crippen LogP contribution in [0.5, 0.6) is 17.2 Å². The molecule has 0 aromatic heterocycles. The summed E-state index contributed by atoms with van der Waals surface area (Å²) in [5.41, 5.74) is 0. The molecule has 0 aliphatic rings. The second-order valence-corrected chi connectivity index (χ2v) is 3.12.